The lowest BCUT2D eigenvalue weighted by Gasteiger charge is -2.15. The summed E-state index contributed by atoms with van der Waals surface area (Å²) < 4.78 is 38.2. The van der Waals surface area contributed by atoms with Gasteiger partial charge in [0.15, 0.2) is 0 Å². The molecule has 0 aliphatic heterocycles. The number of amides is 1. The minimum atomic E-state index is -4.42. The summed E-state index contributed by atoms with van der Waals surface area (Å²) in [6.45, 7) is 1.60. The summed E-state index contributed by atoms with van der Waals surface area (Å²) in [5.41, 5.74) is 4.48. The fourth-order valence-corrected chi connectivity index (χ4v) is 1.94. The van der Waals surface area contributed by atoms with Gasteiger partial charge in [-0.2, -0.15) is 13.2 Å². The molecule has 3 nitrogen and oxygen atoms in total. The molecule has 0 bridgehead atoms. The molecule has 1 fully saturated rings. The van der Waals surface area contributed by atoms with Crippen molar-refractivity contribution in [2.24, 2.45) is 11.1 Å². The second-order valence-corrected chi connectivity index (χ2v) is 4.97. The molecule has 1 aliphatic rings. The average molecular weight is 272 g/mol. The number of carbonyl (C=O) groups excluding carboxylic acids is 1. The molecular formula is C13H15F3N2O. The van der Waals surface area contributed by atoms with E-state index in [0.717, 1.165) is 6.07 Å². The third-order valence-corrected chi connectivity index (χ3v) is 3.53. The number of halogens is 3. The smallest absolute Gasteiger partial charge is 0.329 e. The number of nitrogens with one attached hydrogen (secondary N) is 1. The number of aryl methyl sites for hydroxylation is 1. The molecule has 0 atom stereocenters. The first kappa shape index (κ1) is 13.9. The monoisotopic (exact) mass is 272 g/mol. The van der Waals surface area contributed by atoms with Crippen molar-refractivity contribution in [2.45, 2.75) is 25.9 Å². The summed E-state index contributed by atoms with van der Waals surface area (Å²) in [5, 5.41) is 2.52. The lowest BCUT2D eigenvalue weighted by atomic mass is 10.1. The van der Waals surface area contributed by atoms with Crippen LogP contribution in [0.5, 0.6) is 0 Å². The van der Waals surface area contributed by atoms with Crippen molar-refractivity contribution < 1.29 is 18.0 Å². The summed E-state index contributed by atoms with van der Waals surface area (Å²) in [7, 11) is 0. The number of hydrogen-bond acceptors (Lipinski definition) is 2. The predicted molar refractivity (Wildman–Crippen MR) is 65.5 cm³/mol. The largest absolute Gasteiger partial charge is 0.416 e. The molecule has 3 N–H and O–H groups in total. The molecule has 1 saturated carbocycles. The van der Waals surface area contributed by atoms with Crippen LogP contribution in [-0.2, 0) is 11.0 Å². The van der Waals surface area contributed by atoms with Crippen LogP contribution in [0.3, 0.4) is 0 Å². The van der Waals surface area contributed by atoms with Crippen molar-refractivity contribution in [3.8, 4) is 0 Å². The number of anilines is 1. The van der Waals surface area contributed by atoms with Crippen molar-refractivity contribution in [1.82, 2.24) is 0 Å². The van der Waals surface area contributed by atoms with Gasteiger partial charge in [-0.05, 0) is 37.5 Å². The van der Waals surface area contributed by atoms with E-state index in [1.807, 2.05) is 0 Å². The standard InChI is InChI=1S/C13H15F3N2O/c1-8-2-3-9(6-10(8)13(14,15)16)18-11(19)12(7-17)4-5-12/h2-3,6H,4-5,7,17H2,1H3,(H,18,19). The number of nitrogens with two attached hydrogens (primary N) is 1. The maximum atomic E-state index is 12.7. The zero-order valence-corrected chi connectivity index (χ0v) is 10.5. The van der Waals surface area contributed by atoms with Crippen LogP contribution in [0.1, 0.15) is 24.0 Å². The first-order valence-corrected chi connectivity index (χ1v) is 5.98. The second-order valence-electron chi connectivity index (χ2n) is 4.97. The fourth-order valence-electron chi connectivity index (χ4n) is 1.94. The topological polar surface area (TPSA) is 55.1 Å². The highest BCUT2D eigenvalue weighted by Crippen LogP contribution is 2.45. The van der Waals surface area contributed by atoms with E-state index in [-0.39, 0.29) is 23.7 Å². The molecule has 0 spiro atoms. The van der Waals surface area contributed by atoms with Gasteiger partial charge < -0.3 is 11.1 Å². The van der Waals surface area contributed by atoms with Crippen molar-refractivity contribution in [3.63, 3.8) is 0 Å². The van der Waals surface area contributed by atoms with Crippen LogP contribution in [0.15, 0.2) is 18.2 Å². The van der Waals surface area contributed by atoms with E-state index in [0.29, 0.717) is 12.8 Å². The van der Waals surface area contributed by atoms with Gasteiger partial charge in [0, 0.05) is 12.2 Å². The maximum Gasteiger partial charge on any atom is 0.416 e. The molecule has 2 rings (SSSR count). The van der Waals surface area contributed by atoms with Gasteiger partial charge in [-0.25, -0.2) is 0 Å². The Morgan fingerprint density at radius 3 is 2.53 bits per heavy atom. The van der Waals surface area contributed by atoms with Gasteiger partial charge >= 0.3 is 6.18 Å². The Bertz CT molecular complexity index is 507. The van der Waals surface area contributed by atoms with Crippen LogP contribution >= 0.6 is 0 Å². The van der Waals surface area contributed by atoms with Gasteiger partial charge in [-0.1, -0.05) is 6.07 Å². The van der Waals surface area contributed by atoms with Crippen LogP contribution < -0.4 is 11.1 Å². The van der Waals surface area contributed by atoms with Gasteiger partial charge in [0.1, 0.15) is 0 Å². The highest BCUT2D eigenvalue weighted by atomic mass is 19.4. The number of hydrogen-bond donors (Lipinski definition) is 2. The Morgan fingerprint density at radius 1 is 1.42 bits per heavy atom. The van der Waals surface area contributed by atoms with Gasteiger partial charge in [0.2, 0.25) is 5.91 Å². The Hall–Kier alpha value is -1.56. The number of rotatable bonds is 3. The van der Waals surface area contributed by atoms with Crippen molar-refractivity contribution >= 4 is 11.6 Å². The molecule has 0 aromatic heterocycles. The summed E-state index contributed by atoms with van der Waals surface area (Å²) in [6, 6.07) is 3.77. The normalized spacial score (nSPS) is 17.1. The fraction of sp³-hybridized carbons (Fsp3) is 0.462. The van der Waals surface area contributed by atoms with Gasteiger partial charge in [0.25, 0.3) is 0 Å². The highest BCUT2D eigenvalue weighted by Gasteiger charge is 2.48. The molecule has 19 heavy (non-hydrogen) atoms. The highest BCUT2D eigenvalue weighted by molar-refractivity contribution is 5.97. The Labute approximate surface area is 109 Å². The van der Waals surface area contributed by atoms with Gasteiger partial charge in [-0.15, -0.1) is 0 Å². The zero-order valence-electron chi connectivity index (χ0n) is 10.5. The van der Waals surface area contributed by atoms with Crippen molar-refractivity contribution in [1.29, 1.82) is 0 Å². The third kappa shape index (κ3) is 2.73. The second kappa shape index (κ2) is 4.52. The van der Waals surface area contributed by atoms with E-state index < -0.39 is 17.2 Å². The molecule has 0 saturated heterocycles. The van der Waals surface area contributed by atoms with E-state index in [9.17, 15) is 18.0 Å². The third-order valence-electron chi connectivity index (χ3n) is 3.53. The van der Waals surface area contributed by atoms with E-state index in [4.69, 9.17) is 5.73 Å². The quantitative estimate of drug-likeness (QED) is 0.888. The van der Waals surface area contributed by atoms with Crippen LogP contribution in [0.25, 0.3) is 0 Å². The van der Waals surface area contributed by atoms with Crippen molar-refractivity contribution in [2.75, 3.05) is 11.9 Å². The van der Waals surface area contributed by atoms with Gasteiger partial charge in [0.05, 0.1) is 11.0 Å². The zero-order chi connectivity index (χ0) is 14.3. The van der Waals surface area contributed by atoms with E-state index >= 15 is 0 Å². The molecule has 0 radical (unpaired) electrons. The van der Waals surface area contributed by atoms with E-state index in [1.54, 1.807) is 0 Å². The number of alkyl halides is 3. The molecule has 0 heterocycles. The van der Waals surface area contributed by atoms with E-state index in [1.165, 1.54) is 19.1 Å². The SMILES string of the molecule is Cc1ccc(NC(=O)C2(CN)CC2)cc1C(F)(F)F. The molecule has 1 amide bonds. The molecule has 1 aliphatic carbocycles. The molecule has 0 unspecified atom stereocenters. The summed E-state index contributed by atoms with van der Waals surface area (Å²) >= 11 is 0. The Morgan fingerprint density at radius 2 is 2.05 bits per heavy atom. The van der Waals surface area contributed by atoms with Crippen molar-refractivity contribution in [3.05, 3.63) is 29.3 Å². The first-order chi connectivity index (χ1) is 8.78. The minimum absolute atomic E-state index is 0.130. The molecular weight excluding hydrogens is 257 g/mol. The lowest BCUT2D eigenvalue weighted by Crippen LogP contribution is -2.30. The predicted octanol–water partition coefficient (Wildman–Crippen LogP) is 2.69. The summed E-state index contributed by atoms with van der Waals surface area (Å²) in [5.74, 6) is -0.299. The summed E-state index contributed by atoms with van der Waals surface area (Å²) in [6.07, 6.45) is -3.05. The summed E-state index contributed by atoms with van der Waals surface area (Å²) in [4.78, 5) is 11.9. The molecule has 1 aromatic carbocycles. The van der Waals surface area contributed by atoms with Crippen LogP contribution in [0.4, 0.5) is 18.9 Å². The number of benzene rings is 1. The van der Waals surface area contributed by atoms with Gasteiger partial charge in [-0.3, -0.25) is 4.79 Å². The average Bonchev–Trinajstić information content (AvgIpc) is 3.11. The molecule has 104 valence electrons. The molecule has 6 heteroatoms. The number of carbonyl (C=O) groups is 1. The maximum absolute atomic E-state index is 12.7. The van der Waals surface area contributed by atoms with Crippen LogP contribution in [0.2, 0.25) is 0 Å². The molecule has 1 aromatic rings. The van der Waals surface area contributed by atoms with Crippen LogP contribution in [-0.4, -0.2) is 12.5 Å². The van der Waals surface area contributed by atoms with E-state index in [2.05, 4.69) is 5.32 Å². The first-order valence-electron chi connectivity index (χ1n) is 5.98. The Kier molecular flexibility index (Phi) is 3.30. The van der Waals surface area contributed by atoms with Crippen LogP contribution in [0, 0.1) is 12.3 Å². The minimum Gasteiger partial charge on any atom is -0.329 e. The lowest BCUT2D eigenvalue weighted by molar-refractivity contribution is -0.138. The Balaban J connectivity index is 2.20.